The first-order valence-corrected chi connectivity index (χ1v) is 7.21. The Hall–Kier alpha value is -2.13. The summed E-state index contributed by atoms with van der Waals surface area (Å²) < 4.78 is 0. The molecule has 3 heteroatoms. The Bertz CT molecular complexity index is 608. The molecule has 3 nitrogen and oxygen atoms in total. The lowest BCUT2D eigenvalue weighted by Gasteiger charge is -2.14. The molecular weight excluding hydrogens is 260 g/mol. The minimum absolute atomic E-state index is 0.0268. The van der Waals surface area contributed by atoms with Crippen molar-refractivity contribution < 1.29 is 4.79 Å². The Labute approximate surface area is 126 Å². The van der Waals surface area contributed by atoms with Crippen molar-refractivity contribution >= 4 is 11.6 Å². The van der Waals surface area contributed by atoms with Crippen molar-refractivity contribution in [1.29, 1.82) is 0 Å². The first-order valence-electron chi connectivity index (χ1n) is 7.21. The van der Waals surface area contributed by atoms with E-state index < -0.39 is 0 Å². The molecule has 0 radical (unpaired) electrons. The molecule has 2 rings (SSSR count). The van der Waals surface area contributed by atoms with E-state index in [-0.39, 0.29) is 11.9 Å². The third-order valence-electron chi connectivity index (χ3n) is 3.66. The zero-order valence-electron chi connectivity index (χ0n) is 12.8. The number of anilines is 1. The number of carbonyl (C=O) groups is 1. The summed E-state index contributed by atoms with van der Waals surface area (Å²) in [5, 5.41) is 6.15. The Kier molecular flexibility index (Phi) is 5.12. The number of benzene rings is 2. The van der Waals surface area contributed by atoms with Crippen molar-refractivity contribution in [2.45, 2.75) is 26.8 Å². The SMILES string of the molecule is Cc1ccc(NC(=O)CNC(C)c2ccccc2)cc1C. The minimum Gasteiger partial charge on any atom is -0.325 e. The van der Waals surface area contributed by atoms with Gasteiger partial charge < -0.3 is 10.6 Å². The molecule has 0 saturated carbocycles. The highest BCUT2D eigenvalue weighted by Crippen LogP contribution is 2.14. The van der Waals surface area contributed by atoms with Gasteiger partial charge >= 0.3 is 0 Å². The topological polar surface area (TPSA) is 41.1 Å². The lowest BCUT2D eigenvalue weighted by atomic mass is 10.1. The first-order chi connectivity index (χ1) is 10.1. The minimum atomic E-state index is -0.0268. The van der Waals surface area contributed by atoms with Gasteiger partial charge in [-0.3, -0.25) is 4.79 Å². The molecular formula is C18H22N2O. The highest BCUT2D eigenvalue weighted by atomic mass is 16.1. The van der Waals surface area contributed by atoms with Gasteiger partial charge in [0.1, 0.15) is 0 Å². The Morgan fingerprint density at radius 3 is 2.43 bits per heavy atom. The normalized spacial score (nSPS) is 12.0. The average Bonchev–Trinajstić information content (AvgIpc) is 2.49. The van der Waals surface area contributed by atoms with Crippen molar-refractivity contribution in [3.05, 3.63) is 65.2 Å². The van der Waals surface area contributed by atoms with Crippen LogP contribution in [0.15, 0.2) is 48.5 Å². The molecule has 1 amide bonds. The summed E-state index contributed by atoms with van der Waals surface area (Å²) in [6.07, 6.45) is 0. The van der Waals surface area contributed by atoms with Crippen molar-refractivity contribution in [1.82, 2.24) is 5.32 Å². The maximum atomic E-state index is 12.0. The number of hydrogen-bond donors (Lipinski definition) is 2. The van der Waals surface area contributed by atoms with Gasteiger partial charge in [0.15, 0.2) is 0 Å². The van der Waals surface area contributed by atoms with E-state index in [0.717, 1.165) is 5.69 Å². The summed E-state index contributed by atoms with van der Waals surface area (Å²) >= 11 is 0. The van der Waals surface area contributed by atoms with Gasteiger partial charge in [-0.25, -0.2) is 0 Å². The van der Waals surface area contributed by atoms with Gasteiger partial charge in [0.25, 0.3) is 0 Å². The molecule has 0 aromatic heterocycles. The molecule has 2 aromatic carbocycles. The molecule has 1 atom stereocenters. The van der Waals surface area contributed by atoms with E-state index in [2.05, 4.69) is 36.6 Å². The van der Waals surface area contributed by atoms with Crippen LogP contribution < -0.4 is 10.6 Å². The van der Waals surface area contributed by atoms with E-state index in [1.165, 1.54) is 16.7 Å². The summed E-state index contributed by atoms with van der Waals surface area (Å²) in [5.41, 5.74) is 4.43. The van der Waals surface area contributed by atoms with E-state index >= 15 is 0 Å². The number of aryl methyl sites for hydroxylation is 2. The number of hydrogen-bond acceptors (Lipinski definition) is 2. The van der Waals surface area contributed by atoms with E-state index in [0.29, 0.717) is 6.54 Å². The standard InChI is InChI=1S/C18H22N2O/c1-13-9-10-17(11-14(13)2)20-18(21)12-19-15(3)16-7-5-4-6-8-16/h4-11,15,19H,12H2,1-3H3,(H,20,21). The molecule has 0 bridgehead atoms. The van der Waals surface area contributed by atoms with Crippen molar-refractivity contribution in [2.24, 2.45) is 0 Å². The predicted molar refractivity (Wildman–Crippen MR) is 87.4 cm³/mol. The molecule has 21 heavy (non-hydrogen) atoms. The van der Waals surface area contributed by atoms with Gasteiger partial charge in [0, 0.05) is 11.7 Å². The smallest absolute Gasteiger partial charge is 0.238 e. The van der Waals surface area contributed by atoms with Crippen LogP contribution in [0.2, 0.25) is 0 Å². The van der Waals surface area contributed by atoms with Crippen LogP contribution in [0.5, 0.6) is 0 Å². The molecule has 2 N–H and O–H groups in total. The lowest BCUT2D eigenvalue weighted by molar-refractivity contribution is -0.115. The van der Waals surface area contributed by atoms with E-state index in [1.54, 1.807) is 0 Å². The van der Waals surface area contributed by atoms with Crippen LogP contribution in [-0.4, -0.2) is 12.5 Å². The summed E-state index contributed by atoms with van der Waals surface area (Å²) in [4.78, 5) is 12.0. The van der Waals surface area contributed by atoms with E-state index in [4.69, 9.17) is 0 Å². The van der Waals surface area contributed by atoms with Crippen LogP contribution in [-0.2, 0) is 4.79 Å². The number of carbonyl (C=O) groups excluding carboxylic acids is 1. The zero-order chi connectivity index (χ0) is 15.2. The lowest BCUT2D eigenvalue weighted by Crippen LogP contribution is -2.30. The second-order valence-corrected chi connectivity index (χ2v) is 5.36. The first kappa shape index (κ1) is 15.3. The van der Waals surface area contributed by atoms with Gasteiger partial charge in [-0.2, -0.15) is 0 Å². The predicted octanol–water partition coefficient (Wildman–Crippen LogP) is 3.59. The summed E-state index contributed by atoms with van der Waals surface area (Å²) in [6, 6.07) is 16.2. The van der Waals surface area contributed by atoms with Crippen molar-refractivity contribution in [3.63, 3.8) is 0 Å². The monoisotopic (exact) mass is 282 g/mol. The maximum absolute atomic E-state index is 12.0. The summed E-state index contributed by atoms with van der Waals surface area (Å²) in [5.74, 6) is -0.0268. The van der Waals surface area contributed by atoms with Crippen LogP contribution >= 0.6 is 0 Å². The average molecular weight is 282 g/mol. The van der Waals surface area contributed by atoms with Crippen LogP contribution in [0.25, 0.3) is 0 Å². The van der Waals surface area contributed by atoms with Gasteiger partial charge in [0.2, 0.25) is 5.91 Å². The Morgan fingerprint density at radius 1 is 1.05 bits per heavy atom. The van der Waals surface area contributed by atoms with Crippen LogP contribution in [0.1, 0.15) is 29.7 Å². The fourth-order valence-electron chi connectivity index (χ4n) is 2.13. The number of rotatable bonds is 5. The van der Waals surface area contributed by atoms with Gasteiger partial charge in [0.05, 0.1) is 6.54 Å². The van der Waals surface area contributed by atoms with Crippen molar-refractivity contribution in [3.8, 4) is 0 Å². The molecule has 0 aliphatic rings. The highest BCUT2D eigenvalue weighted by molar-refractivity contribution is 5.92. The molecule has 0 heterocycles. The quantitative estimate of drug-likeness (QED) is 0.880. The molecule has 0 aliphatic heterocycles. The fraction of sp³-hybridized carbons (Fsp3) is 0.278. The fourth-order valence-corrected chi connectivity index (χ4v) is 2.13. The third kappa shape index (κ3) is 4.43. The molecule has 2 aromatic rings. The maximum Gasteiger partial charge on any atom is 0.238 e. The molecule has 0 aliphatic carbocycles. The van der Waals surface area contributed by atoms with Gasteiger partial charge in [-0.15, -0.1) is 0 Å². The number of amides is 1. The van der Waals surface area contributed by atoms with Crippen LogP contribution in [0.4, 0.5) is 5.69 Å². The van der Waals surface area contributed by atoms with E-state index in [1.807, 2.05) is 43.3 Å². The largest absolute Gasteiger partial charge is 0.325 e. The molecule has 1 unspecified atom stereocenters. The van der Waals surface area contributed by atoms with Crippen LogP contribution in [0, 0.1) is 13.8 Å². The number of nitrogens with one attached hydrogen (secondary N) is 2. The molecule has 110 valence electrons. The van der Waals surface area contributed by atoms with E-state index in [9.17, 15) is 4.79 Å². The molecule has 0 fully saturated rings. The van der Waals surface area contributed by atoms with Crippen molar-refractivity contribution in [2.75, 3.05) is 11.9 Å². The van der Waals surface area contributed by atoms with Gasteiger partial charge in [-0.1, -0.05) is 36.4 Å². The molecule has 0 spiro atoms. The zero-order valence-corrected chi connectivity index (χ0v) is 12.8. The Morgan fingerprint density at radius 2 is 1.76 bits per heavy atom. The second kappa shape index (κ2) is 7.04. The van der Waals surface area contributed by atoms with Gasteiger partial charge in [-0.05, 0) is 49.6 Å². The Balaban J connectivity index is 1.86. The van der Waals surface area contributed by atoms with Crippen LogP contribution in [0.3, 0.4) is 0 Å². The summed E-state index contributed by atoms with van der Waals surface area (Å²) in [7, 11) is 0. The summed E-state index contributed by atoms with van der Waals surface area (Å²) in [6.45, 7) is 6.45. The molecule has 0 saturated heterocycles. The highest BCUT2D eigenvalue weighted by Gasteiger charge is 2.07. The third-order valence-corrected chi connectivity index (χ3v) is 3.66. The second-order valence-electron chi connectivity index (χ2n) is 5.36.